The number of phenolic OH excluding ortho intramolecular Hbond substituents is 1. The average Bonchev–Trinajstić information content (AvgIpc) is 3.05. The van der Waals surface area contributed by atoms with Crippen molar-refractivity contribution >= 4 is 16.9 Å². The number of amides is 1. The molecule has 5 nitrogen and oxygen atoms in total. The molecular formula is C20H16F3NO4. The van der Waals surface area contributed by atoms with Gasteiger partial charge in [-0.05, 0) is 41.8 Å². The minimum absolute atomic E-state index is 0.0159. The number of benzene rings is 2. The summed E-state index contributed by atoms with van der Waals surface area (Å²) in [6.45, 7) is -1.30. The second kappa shape index (κ2) is 6.47. The van der Waals surface area contributed by atoms with Crippen LogP contribution in [0.1, 0.15) is 15.9 Å². The van der Waals surface area contributed by atoms with E-state index in [-0.39, 0.29) is 30.0 Å². The highest BCUT2D eigenvalue weighted by Crippen LogP contribution is 2.38. The van der Waals surface area contributed by atoms with Gasteiger partial charge in [-0.1, -0.05) is 0 Å². The van der Waals surface area contributed by atoms with Crippen molar-refractivity contribution < 1.29 is 32.2 Å². The van der Waals surface area contributed by atoms with Crippen LogP contribution in [0, 0.1) is 0 Å². The summed E-state index contributed by atoms with van der Waals surface area (Å²) in [5, 5.41) is 10.3. The van der Waals surface area contributed by atoms with E-state index in [4.69, 9.17) is 9.15 Å². The first-order valence-corrected chi connectivity index (χ1v) is 8.54. The van der Waals surface area contributed by atoms with E-state index >= 15 is 0 Å². The normalized spacial score (nSPS) is 14.4. The van der Waals surface area contributed by atoms with Crippen LogP contribution >= 0.6 is 0 Å². The molecule has 0 saturated carbocycles. The molecule has 4 rings (SSSR count). The van der Waals surface area contributed by atoms with Crippen LogP contribution in [0.25, 0.3) is 22.1 Å². The Labute approximate surface area is 157 Å². The minimum Gasteiger partial charge on any atom is -0.508 e. The molecule has 0 aliphatic carbocycles. The number of nitrogens with zero attached hydrogens (tertiary/aromatic N) is 1. The van der Waals surface area contributed by atoms with Crippen molar-refractivity contribution in [3.8, 4) is 22.6 Å². The molecule has 1 amide bonds. The molecule has 8 heteroatoms. The molecule has 0 saturated heterocycles. The van der Waals surface area contributed by atoms with Gasteiger partial charge in [0.1, 0.15) is 23.6 Å². The van der Waals surface area contributed by atoms with Gasteiger partial charge in [-0.15, -0.1) is 0 Å². The zero-order valence-electron chi connectivity index (χ0n) is 14.8. The summed E-state index contributed by atoms with van der Waals surface area (Å²) in [7, 11) is 1.38. The molecule has 0 bridgehead atoms. The van der Waals surface area contributed by atoms with Crippen molar-refractivity contribution in [1.29, 1.82) is 0 Å². The van der Waals surface area contributed by atoms with Crippen molar-refractivity contribution in [3.05, 3.63) is 47.7 Å². The Hall–Kier alpha value is -3.16. The van der Waals surface area contributed by atoms with Gasteiger partial charge in [0.15, 0.2) is 0 Å². The Morgan fingerprint density at radius 2 is 2.04 bits per heavy atom. The van der Waals surface area contributed by atoms with E-state index in [0.717, 1.165) is 21.4 Å². The predicted octanol–water partition coefficient (Wildman–Crippen LogP) is 4.37. The molecule has 1 aromatic heterocycles. The maximum atomic E-state index is 12.7. The second-order valence-electron chi connectivity index (χ2n) is 6.63. The highest BCUT2D eigenvalue weighted by atomic mass is 19.4. The molecule has 28 heavy (non-hydrogen) atoms. The third-order valence-corrected chi connectivity index (χ3v) is 4.80. The van der Waals surface area contributed by atoms with Crippen LogP contribution in [0.15, 0.2) is 41.0 Å². The van der Waals surface area contributed by atoms with Gasteiger partial charge in [0.25, 0.3) is 5.91 Å². The topological polar surface area (TPSA) is 62.9 Å². The number of phenols is 1. The van der Waals surface area contributed by atoms with Crippen LogP contribution in [0.5, 0.6) is 11.5 Å². The molecule has 2 aromatic carbocycles. The van der Waals surface area contributed by atoms with Crippen LogP contribution in [0.4, 0.5) is 13.2 Å². The summed E-state index contributed by atoms with van der Waals surface area (Å²) < 4.78 is 49.1. The molecule has 146 valence electrons. The summed E-state index contributed by atoms with van der Waals surface area (Å²) in [5.41, 5.74) is 2.75. The zero-order valence-corrected chi connectivity index (χ0v) is 14.8. The largest absolute Gasteiger partial charge is 0.508 e. The summed E-state index contributed by atoms with van der Waals surface area (Å²) in [6, 6.07) is 8.14. The lowest BCUT2D eigenvalue weighted by atomic mass is 9.93. The van der Waals surface area contributed by atoms with Crippen molar-refractivity contribution in [2.75, 3.05) is 20.2 Å². The van der Waals surface area contributed by atoms with Gasteiger partial charge < -0.3 is 19.2 Å². The minimum atomic E-state index is -4.46. The number of alkyl halides is 3. The lowest BCUT2D eigenvalue weighted by Crippen LogP contribution is -2.43. The van der Waals surface area contributed by atoms with Gasteiger partial charge in [0, 0.05) is 23.6 Å². The Morgan fingerprint density at radius 1 is 1.25 bits per heavy atom. The third kappa shape index (κ3) is 3.15. The van der Waals surface area contributed by atoms with Gasteiger partial charge >= 0.3 is 6.18 Å². The fourth-order valence-corrected chi connectivity index (χ4v) is 3.55. The standard InChI is InChI=1S/C20H16F3NO4/c1-27-17-7-12(15-9-28-16-8-13(25)2-3-14(15)16)6-11-4-5-24(10-20(21,22)23)19(26)18(11)17/h2-3,6-9,25H,4-5,10H2,1H3. The predicted molar refractivity (Wildman–Crippen MR) is 95.5 cm³/mol. The first-order chi connectivity index (χ1) is 13.3. The number of carbonyl (C=O) groups excluding carboxylic acids is 1. The smallest absolute Gasteiger partial charge is 0.406 e. The summed E-state index contributed by atoms with van der Waals surface area (Å²) >= 11 is 0. The molecule has 2 heterocycles. The molecule has 0 spiro atoms. The number of fused-ring (bicyclic) bond motifs is 2. The number of carbonyl (C=O) groups is 1. The number of hydrogen-bond acceptors (Lipinski definition) is 4. The number of furan rings is 1. The Bertz CT molecular complexity index is 1050. The van der Waals surface area contributed by atoms with Crippen molar-refractivity contribution in [2.24, 2.45) is 0 Å². The molecular weight excluding hydrogens is 375 g/mol. The highest BCUT2D eigenvalue weighted by molar-refractivity contribution is 6.02. The van der Waals surface area contributed by atoms with Crippen LogP contribution in [0.3, 0.4) is 0 Å². The Morgan fingerprint density at radius 3 is 2.75 bits per heavy atom. The number of rotatable bonds is 3. The quantitative estimate of drug-likeness (QED) is 0.720. The van der Waals surface area contributed by atoms with Crippen LogP contribution in [-0.4, -0.2) is 42.3 Å². The monoisotopic (exact) mass is 391 g/mol. The Balaban J connectivity index is 1.79. The van der Waals surface area contributed by atoms with Crippen LogP contribution in [0.2, 0.25) is 0 Å². The molecule has 3 aromatic rings. The maximum Gasteiger partial charge on any atom is 0.406 e. The van der Waals surface area contributed by atoms with Crippen molar-refractivity contribution in [2.45, 2.75) is 12.6 Å². The molecule has 1 aliphatic rings. The van der Waals surface area contributed by atoms with Crippen molar-refractivity contribution in [3.63, 3.8) is 0 Å². The fraction of sp³-hybridized carbons (Fsp3) is 0.250. The summed E-state index contributed by atoms with van der Waals surface area (Å²) in [4.78, 5) is 13.4. The van der Waals surface area contributed by atoms with E-state index in [1.807, 2.05) is 0 Å². The SMILES string of the molecule is COc1cc(-c2coc3cc(O)ccc23)cc2c1C(=O)N(CC(F)(F)F)CC2. The van der Waals surface area contributed by atoms with Gasteiger partial charge in [0.05, 0.1) is 18.9 Å². The molecule has 0 fully saturated rings. The van der Waals surface area contributed by atoms with Gasteiger partial charge in [0.2, 0.25) is 0 Å². The lowest BCUT2D eigenvalue weighted by Gasteiger charge is -2.30. The van der Waals surface area contributed by atoms with E-state index in [1.54, 1.807) is 18.2 Å². The molecule has 0 unspecified atom stereocenters. The van der Waals surface area contributed by atoms with Crippen molar-refractivity contribution in [1.82, 2.24) is 4.90 Å². The highest BCUT2D eigenvalue weighted by Gasteiger charge is 2.37. The van der Waals surface area contributed by atoms with Crippen LogP contribution in [-0.2, 0) is 6.42 Å². The van der Waals surface area contributed by atoms with E-state index in [0.29, 0.717) is 11.1 Å². The number of ether oxygens (including phenoxy) is 1. The molecule has 0 atom stereocenters. The zero-order chi connectivity index (χ0) is 20.1. The van der Waals surface area contributed by atoms with E-state index in [9.17, 15) is 23.1 Å². The van der Waals surface area contributed by atoms with Gasteiger partial charge in [-0.25, -0.2) is 0 Å². The van der Waals surface area contributed by atoms with Gasteiger partial charge in [-0.3, -0.25) is 4.79 Å². The van der Waals surface area contributed by atoms with E-state index in [2.05, 4.69) is 0 Å². The number of methoxy groups -OCH3 is 1. The molecule has 1 aliphatic heterocycles. The van der Waals surface area contributed by atoms with Gasteiger partial charge in [-0.2, -0.15) is 13.2 Å². The summed E-state index contributed by atoms with van der Waals surface area (Å²) in [5.74, 6) is -0.395. The fourth-order valence-electron chi connectivity index (χ4n) is 3.55. The lowest BCUT2D eigenvalue weighted by molar-refractivity contribution is -0.141. The third-order valence-electron chi connectivity index (χ3n) is 4.80. The average molecular weight is 391 g/mol. The Kier molecular flexibility index (Phi) is 4.21. The molecule has 1 N–H and O–H groups in total. The second-order valence-corrected chi connectivity index (χ2v) is 6.63. The first-order valence-electron chi connectivity index (χ1n) is 8.54. The molecule has 0 radical (unpaired) electrons. The number of hydrogen-bond donors (Lipinski definition) is 1. The number of aromatic hydroxyl groups is 1. The first kappa shape index (κ1) is 18.2. The summed E-state index contributed by atoms with van der Waals surface area (Å²) in [6.07, 6.45) is -2.63. The van der Waals surface area contributed by atoms with E-state index < -0.39 is 18.6 Å². The van der Waals surface area contributed by atoms with Crippen LogP contribution < -0.4 is 4.74 Å². The number of halogens is 3. The van der Waals surface area contributed by atoms with E-state index in [1.165, 1.54) is 25.5 Å². The maximum absolute atomic E-state index is 12.7.